The van der Waals surface area contributed by atoms with Crippen LogP contribution in [0.4, 0.5) is 5.69 Å². The minimum absolute atomic E-state index is 0.646. The van der Waals surface area contributed by atoms with Gasteiger partial charge in [-0.15, -0.1) is 11.3 Å². The number of nitrogens with one attached hydrogen (secondary N) is 1. The highest BCUT2D eigenvalue weighted by molar-refractivity contribution is 7.09. The smallest absolute Gasteiger partial charge is 0.0901 e. The number of nitrogens with zero attached hydrogens (tertiary/aromatic N) is 1. The summed E-state index contributed by atoms with van der Waals surface area (Å²) < 4.78 is 0. The summed E-state index contributed by atoms with van der Waals surface area (Å²) in [6.45, 7) is 4.36. The second-order valence-corrected chi connectivity index (χ2v) is 6.74. The lowest BCUT2D eigenvalue weighted by Gasteiger charge is -2.21. The maximum Gasteiger partial charge on any atom is 0.0901 e. The molecule has 20 heavy (non-hydrogen) atoms. The van der Waals surface area contributed by atoms with Gasteiger partial charge in [0.15, 0.2) is 0 Å². The molecule has 1 aliphatic carbocycles. The minimum Gasteiger partial charge on any atom is -0.382 e. The molecule has 0 amide bonds. The van der Waals surface area contributed by atoms with Crippen LogP contribution in [0.25, 0.3) is 11.3 Å². The Kier molecular flexibility index (Phi) is 4.06. The van der Waals surface area contributed by atoms with Crippen LogP contribution in [0, 0.1) is 12.8 Å². The summed E-state index contributed by atoms with van der Waals surface area (Å²) in [6, 6.07) is 9.33. The molecular weight excluding hydrogens is 264 g/mol. The average Bonchev–Trinajstić information content (AvgIpc) is 3.08. The molecule has 0 radical (unpaired) electrons. The Morgan fingerprint density at radius 1 is 1.35 bits per heavy atom. The first-order chi connectivity index (χ1) is 9.76. The first-order valence-electron chi connectivity index (χ1n) is 7.55. The molecule has 2 nitrogen and oxygen atoms in total. The summed E-state index contributed by atoms with van der Waals surface area (Å²) >= 11 is 1.71. The van der Waals surface area contributed by atoms with Crippen LogP contribution >= 0.6 is 11.3 Å². The van der Waals surface area contributed by atoms with Crippen molar-refractivity contribution < 1.29 is 0 Å². The van der Waals surface area contributed by atoms with E-state index in [1.165, 1.54) is 36.9 Å². The predicted molar refractivity (Wildman–Crippen MR) is 87.3 cm³/mol. The van der Waals surface area contributed by atoms with Gasteiger partial charge in [-0.2, -0.15) is 0 Å². The van der Waals surface area contributed by atoms with Gasteiger partial charge in [-0.25, -0.2) is 4.98 Å². The normalized spacial score (nSPS) is 22.1. The number of hydrogen-bond acceptors (Lipinski definition) is 3. The maximum absolute atomic E-state index is 4.58. The fraction of sp³-hybridized carbons (Fsp3) is 0.471. The summed E-state index contributed by atoms with van der Waals surface area (Å²) in [5, 5.41) is 7.00. The molecule has 1 saturated carbocycles. The Balaban J connectivity index is 1.77. The van der Waals surface area contributed by atoms with E-state index in [2.05, 4.69) is 53.8 Å². The van der Waals surface area contributed by atoms with E-state index in [0.717, 1.165) is 16.6 Å². The molecule has 3 heteroatoms. The average molecular weight is 286 g/mol. The van der Waals surface area contributed by atoms with Gasteiger partial charge in [-0.05, 0) is 37.8 Å². The van der Waals surface area contributed by atoms with Crippen LogP contribution in [0.15, 0.2) is 29.6 Å². The lowest BCUT2D eigenvalue weighted by molar-refractivity contribution is 0.489. The Morgan fingerprint density at radius 3 is 3.00 bits per heavy atom. The highest BCUT2D eigenvalue weighted by Gasteiger charge is 2.25. The van der Waals surface area contributed by atoms with Crippen LogP contribution in [-0.4, -0.2) is 11.0 Å². The van der Waals surface area contributed by atoms with Gasteiger partial charge in [0.2, 0.25) is 0 Å². The molecule has 1 aliphatic rings. The molecule has 1 heterocycles. The molecule has 3 rings (SSSR count). The number of rotatable bonds is 4. The zero-order valence-electron chi connectivity index (χ0n) is 12.2. The van der Waals surface area contributed by atoms with Crippen molar-refractivity contribution in [1.82, 2.24) is 4.98 Å². The van der Waals surface area contributed by atoms with Crippen molar-refractivity contribution in [2.45, 2.75) is 45.6 Å². The van der Waals surface area contributed by atoms with Crippen LogP contribution in [0.1, 0.15) is 37.6 Å². The zero-order valence-corrected chi connectivity index (χ0v) is 13.0. The Morgan fingerprint density at radius 2 is 2.25 bits per heavy atom. The zero-order chi connectivity index (χ0) is 13.9. The molecule has 1 aromatic carbocycles. The highest BCUT2D eigenvalue weighted by Crippen LogP contribution is 2.32. The van der Waals surface area contributed by atoms with Crippen LogP contribution in [0.3, 0.4) is 0 Å². The molecule has 0 bridgehead atoms. The number of thiazole rings is 1. The second kappa shape index (κ2) is 5.96. The fourth-order valence-corrected chi connectivity index (χ4v) is 3.82. The third-order valence-electron chi connectivity index (χ3n) is 4.31. The van der Waals surface area contributed by atoms with E-state index < -0.39 is 0 Å². The van der Waals surface area contributed by atoms with E-state index in [1.807, 2.05) is 0 Å². The van der Waals surface area contributed by atoms with E-state index in [1.54, 1.807) is 11.3 Å². The predicted octanol–water partition coefficient (Wildman–Crippen LogP) is 5.11. The van der Waals surface area contributed by atoms with E-state index in [-0.39, 0.29) is 0 Å². The van der Waals surface area contributed by atoms with Gasteiger partial charge in [-0.3, -0.25) is 0 Å². The number of benzene rings is 1. The van der Waals surface area contributed by atoms with Crippen molar-refractivity contribution in [3.63, 3.8) is 0 Å². The first kappa shape index (κ1) is 13.6. The van der Waals surface area contributed by atoms with Crippen molar-refractivity contribution in [2.75, 3.05) is 5.32 Å². The topological polar surface area (TPSA) is 24.9 Å². The van der Waals surface area contributed by atoms with Gasteiger partial charge in [0.05, 0.1) is 10.7 Å². The SMILES string of the molecule is CCC1CCCC1Nc1cccc(-c2csc(C)n2)c1. The molecule has 0 aliphatic heterocycles. The summed E-state index contributed by atoms with van der Waals surface area (Å²) in [5.41, 5.74) is 3.54. The monoisotopic (exact) mass is 286 g/mol. The number of anilines is 1. The summed E-state index contributed by atoms with van der Waals surface area (Å²) in [5.74, 6) is 0.833. The standard InChI is InChI=1S/C17H22N2S/c1-3-13-6-5-9-16(13)19-15-8-4-7-14(10-15)17-11-20-12(2)18-17/h4,7-8,10-11,13,16,19H,3,5-6,9H2,1-2H3. The number of aryl methyl sites for hydroxylation is 1. The Labute approximate surface area is 125 Å². The van der Waals surface area contributed by atoms with Gasteiger partial charge in [-0.1, -0.05) is 31.9 Å². The minimum atomic E-state index is 0.646. The lowest BCUT2D eigenvalue weighted by Crippen LogP contribution is -2.23. The van der Waals surface area contributed by atoms with E-state index >= 15 is 0 Å². The molecule has 0 saturated heterocycles. The third-order valence-corrected chi connectivity index (χ3v) is 5.09. The summed E-state index contributed by atoms with van der Waals surface area (Å²) in [4.78, 5) is 4.58. The molecule has 1 aromatic heterocycles. The Bertz CT molecular complexity index is 576. The van der Waals surface area contributed by atoms with Crippen LogP contribution < -0.4 is 5.32 Å². The lowest BCUT2D eigenvalue weighted by atomic mass is 10.0. The van der Waals surface area contributed by atoms with E-state index in [0.29, 0.717) is 6.04 Å². The maximum atomic E-state index is 4.58. The summed E-state index contributed by atoms with van der Waals surface area (Å²) in [7, 11) is 0. The van der Waals surface area contributed by atoms with Crippen LogP contribution in [0.2, 0.25) is 0 Å². The molecule has 1 fully saturated rings. The van der Waals surface area contributed by atoms with Crippen molar-refractivity contribution in [3.05, 3.63) is 34.7 Å². The molecule has 2 atom stereocenters. The van der Waals surface area contributed by atoms with Gasteiger partial charge >= 0.3 is 0 Å². The molecular formula is C17H22N2S. The van der Waals surface area contributed by atoms with E-state index in [9.17, 15) is 0 Å². The second-order valence-electron chi connectivity index (χ2n) is 5.68. The number of hydrogen-bond donors (Lipinski definition) is 1. The Hall–Kier alpha value is -1.35. The van der Waals surface area contributed by atoms with Gasteiger partial charge in [0.25, 0.3) is 0 Å². The highest BCUT2D eigenvalue weighted by atomic mass is 32.1. The van der Waals surface area contributed by atoms with Crippen molar-refractivity contribution >= 4 is 17.0 Å². The van der Waals surface area contributed by atoms with Crippen molar-refractivity contribution in [3.8, 4) is 11.3 Å². The molecule has 106 valence electrons. The van der Waals surface area contributed by atoms with Crippen LogP contribution in [0.5, 0.6) is 0 Å². The van der Waals surface area contributed by atoms with Gasteiger partial charge in [0, 0.05) is 22.7 Å². The van der Waals surface area contributed by atoms with Crippen molar-refractivity contribution in [2.24, 2.45) is 5.92 Å². The third kappa shape index (κ3) is 2.88. The van der Waals surface area contributed by atoms with Gasteiger partial charge < -0.3 is 5.32 Å². The quantitative estimate of drug-likeness (QED) is 0.845. The fourth-order valence-electron chi connectivity index (χ4n) is 3.19. The van der Waals surface area contributed by atoms with Crippen LogP contribution in [-0.2, 0) is 0 Å². The van der Waals surface area contributed by atoms with E-state index in [4.69, 9.17) is 0 Å². The molecule has 2 aromatic rings. The number of aromatic nitrogens is 1. The molecule has 2 unspecified atom stereocenters. The largest absolute Gasteiger partial charge is 0.382 e. The molecule has 1 N–H and O–H groups in total. The summed E-state index contributed by atoms with van der Waals surface area (Å²) in [6.07, 6.45) is 5.32. The molecule has 0 spiro atoms. The first-order valence-corrected chi connectivity index (χ1v) is 8.43. The van der Waals surface area contributed by atoms with Crippen molar-refractivity contribution in [1.29, 1.82) is 0 Å². The van der Waals surface area contributed by atoms with Gasteiger partial charge in [0.1, 0.15) is 0 Å².